The van der Waals surface area contributed by atoms with Crippen LogP contribution in [0.4, 0.5) is 0 Å². The van der Waals surface area contributed by atoms with E-state index in [-0.39, 0.29) is 11.3 Å². The first-order chi connectivity index (χ1) is 9.49. The van der Waals surface area contributed by atoms with Crippen molar-refractivity contribution < 1.29 is 9.90 Å². The third kappa shape index (κ3) is 3.45. The molecule has 2 N–H and O–H groups in total. The molecule has 0 fully saturated rings. The standard InChI is InChI=1S/C6H4.C5H7N5O2S2/c1-2-5-4-6(5)3-1;1-3(13)9(2-4(11)12)10-5(14)6-7-8-10/h1-4H;2H2,1H3,(H,11,12)(H,6,8,14). The molecule has 20 heavy (non-hydrogen) atoms. The second-order valence-electron chi connectivity index (χ2n) is 3.95. The molecule has 104 valence electrons. The minimum atomic E-state index is -1.02. The molecule has 1 heterocycles. The van der Waals surface area contributed by atoms with E-state index in [0.717, 1.165) is 0 Å². The number of rotatable bonds is 3. The largest absolute Gasteiger partial charge is 0.480 e. The van der Waals surface area contributed by atoms with Gasteiger partial charge in [-0.3, -0.25) is 4.79 Å². The fourth-order valence-electron chi connectivity index (χ4n) is 1.48. The predicted octanol–water partition coefficient (Wildman–Crippen LogP) is 1.37. The highest BCUT2D eigenvalue weighted by molar-refractivity contribution is 7.80. The number of carboxylic acids is 1. The van der Waals surface area contributed by atoms with Crippen LogP contribution in [0.25, 0.3) is 11.1 Å². The fraction of sp³-hybridized carbons (Fsp3) is 0.182. The molecule has 0 amide bonds. The average Bonchev–Trinajstić information content (AvgIpc) is 2.79. The molecule has 0 saturated heterocycles. The van der Waals surface area contributed by atoms with E-state index in [2.05, 4.69) is 39.8 Å². The molecule has 2 aliphatic carbocycles. The van der Waals surface area contributed by atoms with Crippen LogP contribution in [0.15, 0.2) is 24.3 Å². The SMILES string of the molecule is CC(=S)N(CC(=O)O)n1[nH]nnc1=S.c1cc2cc-2c1. The van der Waals surface area contributed by atoms with Gasteiger partial charge in [0.1, 0.15) is 6.54 Å². The number of benzene rings is 1. The number of tetrazole rings is 1. The summed E-state index contributed by atoms with van der Waals surface area (Å²) in [6, 6.07) is 8.48. The maximum atomic E-state index is 10.5. The number of fused-ring (bicyclic) bond motifs is 1. The summed E-state index contributed by atoms with van der Waals surface area (Å²) in [4.78, 5) is 12.1. The lowest BCUT2D eigenvalue weighted by Crippen LogP contribution is -2.42. The molecule has 0 aromatic carbocycles. The maximum absolute atomic E-state index is 10.5. The Morgan fingerprint density at radius 1 is 1.50 bits per heavy atom. The number of hydrogen-bond acceptors (Lipinski definition) is 5. The van der Waals surface area contributed by atoms with Gasteiger partial charge in [-0.05, 0) is 41.5 Å². The van der Waals surface area contributed by atoms with Gasteiger partial charge >= 0.3 is 5.97 Å². The van der Waals surface area contributed by atoms with Gasteiger partial charge in [0.05, 0.1) is 4.99 Å². The van der Waals surface area contributed by atoms with Gasteiger partial charge in [0, 0.05) is 0 Å². The lowest BCUT2D eigenvalue weighted by Gasteiger charge is -2.19. The Hall–Kier alpha value is -2.13. The molecule has 3 rings (SSSR count). The number of aliphatic carboxylic acids is 1. The van der Waals surface area contributed by atoms with Gasteiger partial charge in [-0.2, -0.15) is 5.21 Å². The van der Waals surface area contributed by atoms with Crippen LogP contribution in [0.1, 0.15) is 6.92 Å². The van der Waals surface area contributed by atoms with E-state index in [1.54, 1.807) is 6.92 Å². The Kier molecular flexibility index (Phi) is 4.20. The minimum absolute atomic E-state index is 0.121. The molecule has 7 nitrogen and oxygen atoms in total. The zero-order valence-electron chi connectivity index (χ0n) is 10.5. The van der Waals surface area contributed by atoms with Crippen LogP contribution in [0, 0.1) is 4.77 Å². The van der Waals surface area contributed by atoms with Crippen molar-refractivity contribution in [3.8, 4) is 11.1 Å². The summed E-state index contributed by atoms with van der Waals surface area (Å²) in [6.45, 7) is 1.29. The molecular formula is C11H11N5O2S2. The Bertz CT molecular complexity index is 691. The summed E-state index contributed by atoms with van der Waals surface area (Å²) < 4.78 is 0.121. The number of thiocarbonyl (C=S) groups is 1. The second kappa shape index (κ2) is 5.88. The summed E-state index contributed by atoms with van der Waals surface area (Å²) in [5.74, 6) is -1.02. The lowest BCUT2D eigenvalue weighted by molar-refractivity contribution is -0.135. The topological polar surface area (TPSA) is 87.0 Å². The van der Waals surface area contributed by atoms with Crippen molar-refractivity contribution in [3.05, 3.63) is 29.0 Å². The highest BCUT2D eigenvalue weighted by Crippen LogP contribution is 2.32. The highest BCUT2D eigenvalue weighted by Gasteiger charge is 2.13. The molecule has 9 heteroatoms. The van der Waals surface area contributed by atoms with E-state index in [4.69, 9.17) is 29.5 Å². The van der Waals surface area contributed by atoms with Crippen LogP contribution in [0.3, 0.4) is 0 Å². The molecule has 0 aliphatic heterocycles. The van der Waals surface area contributed by atoms with Gasteiger partial charge in [-0.25, -0.2) is 5.01 Å². The van der Waals surface area contributed by atoms with E-state index < -0.39 is 5.97 Å². The summed E-state index contributed by atoms with van der Waals surface area (Å²) in [5, 5.41) is 19.2. The summed E-state index contributed by atoms with van der Waals surface area (Å²) in [6.07, 6.45) is 0. The minimum Gasteiger partial charge on any atom is -0.480 e. The zero-order chi connectivity index (χ0) is 14.7. The quantitative estimate of drug-likeness (QED) is 0.707. The van der Waals surface area contributed by atoms with Crippen molar-refractivity contribution in [2.75, 3.05) is 11.6 Å². The van der Waals surface area contributed by atoms with Crippen molar-refractivity contribution in [1.29, 1.82) is 0 Å². The first kappa shape index (κ1) is 14.3. The summed E-state index contributed by atoms with van der Waals surface area (Å²) in [7, 11) is 0. The van der Waals surface area contributed by atoms with Gasteiger partial charge in [0.2, 0.25) is 0 Å². The molecule has 2 aliphatic rings. The van der Waals surface area contributed by atoms with E-state index in [1.165, 1.54) is 20.9 Å². The first-order valence-corrected chi connectivity index (χ1v) is 6.41. The lowest BCUT2D eigenvalue weighted by atomic mass is 10.6. The van der Waals surface area contributed by atoms with E-state index in [9.17, 15) is 4.79 Å². The number of H-pyrrole nitrogens is 1. The molecule has 1 aromatic heterocycles. The van der Waals surface area contributed by atoms with Gasteiger partial charge in [0.15, 0.2) is 0 Å². The smallest absolute Gasteiger partial charge is 0.325 e. The molecule has 0 atom stereocenters. The number of nitrogens with one attached hydrogen (secondary N) is 1. The summed E-state index contributed by atoms with van der Waals surface area (Å²) in [5.41, 5.74) is 2.85. The number of carboxylic acid groups (broad SMARTS) is 1. The number of carbonyl (C=O) groups is 1. The fourth-order valence-corrected chi connectivity index (χ4v) is 1.80. The van der Waals surface area contributed by atoms with Crippen molar-refractivity contribution in [1.82, 2.24) is 20.3 Å². The molecule has 1 aromatic rings. The van der Waals surface area contributed by atoms with Crippen LogP contribution in [0.2, 0.25) is 0 Å². The van der Waals surface area contributed by atoms with Gasteiger partial charge < -0.3 is 5.11 Å². The van der Waals surface area contributed by atoms with Gasteiger partial charge in [-0.1, -0.05) is 35.5 Å². The Morgan fingerprint density at radius 3 is 2.45 bits per heavy atom. The first-order valence-electron chi connectivity index (χ1n) is 5.60. The Morgan fingerprint density at radius 2 is 2.15 bits per heavy atom. The summed E-state index contributed by atoms with van der Waals surface area (Å²) >= 11 is 9.66. The molecular weight excluding hydrogens is 298 g/mol. The maximum Gasteiger partial charge on any atom is 0.325 e. The predicted molar refractivity (Wildman–Crippen MR) is 79.6 cm³/mol. The third-order valence-corrected chi connectivity index (χ3v) is 2.92. The van der Waals surface area contributed by atoms with Crippen LogP contribution >= 0.6 is 24.4 Å². The second-order valence-corrected chi connectivity index (χ2v) is 4.90. The van der Waals surface area contributed by atoms with Gasteiger partial charge in [0.25, 0.3) is 4.77 Å². The molecule has 0 saturated carbocycles. The number of hydrogen-bond donors (Lipinski definition) is 2. The molecule has 0 unspecified atom stereocenters. The van der Waals surface area contributed by atoms with Crippen LogP contribution in [0.5, 0.6) is 0 Å². The average molecular weight is 309 g/mol. The van der Waals surface area contributed by atoms with Crippen molar-refractivity contribution in [2.45, 2.75) is 6.92 Å². The highest BCUT2D eigenvalue weighted by atomic mass is 32.1. The third-order valence-electron chi connectivity index (χ3n) is 2.46. The molecule has 0 bridgehead atoms. The number of nitrogens with zero attached hydrogens (tertiary/aromatic N) is 4. The normalized spacial score (nSPS) is 10.2. The van der Waals surface area contributed by atoms with E-state index in [1.807, 2.05) is 0 Å². The Labute approximate surface area is 124 Å². The van der Waals surface area contributed by atoms with Gasteiger partial charge in [-0.15, -0.1) is 4.79 Å². The van der Waals surface area contributed by atoms with E-state index >= 15 is 0 Å². The van der Waals surface area contributed by atoms with Crippen molar-refractivity contribution in [3.63, 3.8) is 0 Å². The Balaban J connectivity index is 0.000000198. The van der Waals surface area contributed by atoms with Crippen LogP contribution in [-0.2, 0) is 4.79 Å². The molecule has 0 spiro atoms. The van der Waals surface area contributed by atoms with Crippen LogP contribution < -0.4 is 5.01 Å². The van der Waals surface area contributed by atoms with Crippen molar-refractivity contribution in [2.24, 2.45) is 0 Å². The van der Waals surface area contributed by atoms with E-state index in [0.29, 0.717) is 4.99 Å². The number of aromatic nitrogens is 4. The monoisotopic (exact) mass is 309 g/mol. The number of aromatic amines is 1. The zero-order valence-corrected chi connectivity index (χ0v) is 12.1. The molecule has 0 radical (unpaired) electrons. The van der Waals surface area contributed by atoms with Crippen LogP contribution in [-0.4, -0.2) is 42.9 Å². The van der Waals surface area contributed by atoms with Crippen molar-refractivity contribution >= 4 is 35.4 Å².